The standard InChI is InChI=1S/C23H26BrN3O2/c1-13(2)18-10-16(15(5)9-21(18)29-6)12-25-27-22(14(3)4)26-20-8-7-17(24)11-19(20)23(27)28/h7-14H,1-6H3. The topological polar surface area (TPSA) is 56.5 Å². The van der Waals surface area contributed by atoms with Gasteiger partial charge in [-0.3, -0.25) is 4.79 Å². The van der Waals surface area contributed by atoms with Gasteiger partial charge in [-0.15, -0.1) is 0 Å². The van der Waals surface area contributed by atoms with Crippen molar-refractivity contribution in [3.05, 3.63) is 67.7 Å². The molecular formula is C23H26BrN3O2. The van der Waals surface area contributed by atoms with Crippen LogP contribution >= 0.6 is 15.9 Å². The van der Waals surface area contributed by atoms with Crippen LogP contribution < -0.4 is 10.3 Å². The fourth-order valence-corrected chi connectivity index (χ4v) is 3.62. The van der Waals surface area contributed by atoms with Gasteiger partial charge in [0.15, 0.2) is 0 Å². The number of aromatic nitrogens is 2. The van der Waals surface area contributed by atoms with Crippen LogP contribution in [0, 0.1) is 6.92 Å². The highest BCUT2D eigenvalue weighted by Crippen LogP contribution is 2.29. The van der Waals surface area contributed by atoms with Crippen molar-refractivity contribution in [2.75, 3.05) is 7.11 Å². The number of benzene rings is 2. The van der Waals surface area contributed by atoms with E-state index in [0.717, 1.165) is 26.9 Å². The maximum Gasteiger partial charge on any atom is 0.282 e. The minimum Gasteiger partial charge on any atom is -0.496 e. The zero-order valence-electron chi connectivity index (χ0n) is 17.7. The molecule has 0 bridgehead atoms. The molecule has 2 aromatic carbocycles. The number of hydrogen-bond donors (Lipinski definition) is 0. The second-order valence-electron chi connectivity index (χ2n) is 7.75. The van der Waals surface area contributed by atoms with Crippen molar-refractivity contribution in [3.63, 3.8) is 0 Å². The van der Waals surface area contributed by atoms with Crippen molar-refractivity contribution in [2.24, 2.45) is 5.10 Å². The molecule has 0 saturated carbocycles. The maximum absolute atomic E-state index is 13.2. The summed E-state index contributed by atoms with van der Waals surface area (Å²) in [5.74, 6) is 1.87. The first-order chi connectivity index (χ1) is 13.7. The van der Waals surface area contributed by atoms with Gasteiger partial charge in [0.25, 0.3) is 5.56 Å². The summed E-state index contributed by atoms with van der Waals surface area (Å²) in [5, 5.41) is 5.09. The summed E-state index contributed by atoms with van der Waals surface area (Å²) < 4.78 is 7.77. The Morgan fingerprint density at radius 1 is 1.14 bits per heavy atom. The number of rotatable bonds is 5. The molecule has 3 aromatic rings. The van der Waals surface area contributed by atoms with Gasteiger partial charge in [0.2, 0.25) is 0 Å². The first kappa shape index (κ1) is 21.2. The summed E-state index contributed by atoms with van der Waals surface area (Å²) >= 11 is 3.43. The number of halogens is 1. The Morgan fingerprint density at radius 3 is 2.48 bits per heavy atom. The number of hydrogen-bond acceptors (Lipinski definition) is 4. The van der Waals surface area contributed by atoms with E-state index in [-0.39, 0.29) is 11.5 Å². The lowest BCUT2D eigenvalue weighted by atomic mass is 9.97. The van der Waals surface area contributed by atoms with Crippen LogP contribution in [0.2, 0.25) is 0 Å². The van der Waals surface area contributed by atoms with Gasteiger partial charge in [0, 0.05) is 10.4 Å². The third-order valence-corrected chi connectivity index (χ3v) is 5.40. The molecule has 6 heteroatoms. The van der Waals surface area contributed by atoms with Crippen molar-refractivity contribution in [3.8, 4) is 5.75 Å². The van der Waals surface area contributed by atoms with E-state index in [9.17, 15) is 4.79 Å². The maximum atomic E-state index is 13.2. The zero-order chi connectivity index (χ0) is 21.3. The number of methoxy groups -OCH3 is 1. The molecule has 0 unspecified atom stereocenters. The number of fused-ring (bicyclic) bond motifs is 1. The molecule has 0 fully saturated rings. The molecule has 0 aliphatic heterocycles. The van der Waals surface area contributed by atoms with Crippen LogP contribution in [0.1, 0.15) is 62.0 Å². The Hall–Kier alpha value is -2.47. The predicted molar refractivity (Wildman–Crippen MR) is 123 cm³/mol. The van der Waals surface area contributed by atoms with Crippen LogP contribution in [0.5, 0.6) is 5.75 Å². The fraction of sp³-hybridized carbons (Fsp3) is 0.348. The average Bonchev–Trinajstić information content (AvgIpc) is 2.67. The molecule has 1 heterocycles. The lowest BCUT2D eigenvalue weighted by Crippen LogP contribution is -2.23. The Bertz CT molecular complexity index is 1150. The SMILES string of the molecule is COc1cc(C)c(C=Nn2c(C(C)C)nc3ccc(Br)cc3c2=O)cc1C(C)C. The van der Waals surface area contributed by atoms with Crippen molar-refractivity contribution >= 4 is 33.0 Å². The minimum absolute atomic E-state index is 0.0519. The second kappa shape index (κ2) is 8.49. The van der Waals surface area contributed by atoms with E-state index in [1.807, 2.05) is 39.0 Å². The largest absolute Gasteiger partial charge is 0.496 e. The van der Waals surface area contributed by atoms with Gasteiger partial charge in [-0.1, -0.05) is 43.6 Å². The fourth-order valence-electron chi connectivity index (χ4n) is 3.25. The second-order valence-corrected chi connectivity index (χ2v) is 8.67. The molecule has 0 atom stereocenters. The average molecular weight is 456 g/mol. The van der Waals surface area contributed by atoms with E-state index in [4.69, 9.17) is 9.72 Å². The Balaban J connectivity index is 2.18. The predicted octanol–water partition coefficient (Wildman–Crippen LogP) is 5.61. The summed E-state index contributed by atoms with van der Waals surface area (Å²) in [6.07, 6.45) is 1.74. The van der Waals surface area contributed by atoms with Gasteiger partial charge in [-0.2, -0.15) is 9.78 Å². The summed E-state index contributed by atoms with van der Waals surface area (Å²) in [6, 6.07) is 9.62. The molecule has 3 rings (SSSR count). The van der Waals surface area contributed by atoms with Crippen LogP contribution in [0.25, 0.3) is 10.9 Å². The van der Waals surface area contributed by atoms with Crippen molar-refractivity contribution < 1.29 is 4.74 Å². The van der Waals surface area contributed by atoms with Crippen molar-refractivity contribution in [1.29, 1.82) is 0 Å². The lowest BCUT2D eigenvalue weighted by molar-refractivity contribution is 0.407. The molecule has 0 spiro atoms. The van der Waals surface area contributed by atoms with Gasteiger partial charge in [-0.05, 0) is 59.9 Å². The highest BCUT2D eigenvalue weighted by atomic mass is 79.9. The summed E-state index contributed by atoms with van der Waals surface area (Å²) in [7, 11) is 1.68. The van der Waals surface area contributed by atoms with Crippen molar-refractivity contribution in [1.82, 2.24) is 9.66 Å². The third-order valence-electron chi connectivity index (χ3n) is 4.90. The van der Waals surface area contributed by atoms with Gasteiger partial charge in [0.1, 0.15) is 11.6 Å². The van der Waals surface area contributed by atoms with Gasteiger partial charge >= 0.3 is 0 Å². The number of nitrogens with zero attached hydrogens (tertiary/aromatic N) is 3. The van der Waals surface area contributed by atoms with Crippen LogP contribution in [-0.2, 0) is 0 Å². The Morgan fingerprint density at radius 2 is 1.86 bits per heavy atom. The molecule has 152 valence electrons. The van der Waals surface area contributed by atoms with Crippen LogP contribution in [0.4, 0.5) is 0 Å². The molecule has 0 amide bonds. The summed E-state index contributed by atoms with van der Waals surface area (Å²) in [4.78, 5) is 17.8. The Kier molecular flexibility index (Phi) is 6.22. The van der Waals surface area contributed by atoms with Crippen molar-refractivity contribution in [2.45, 2.75) is 46.5 Å². The Labute approximate surface area is 179 Å². The van der Waals surface area contributed by atoms with E-state index >= 15 is 0 Å². The normalized spacial score (nSPS) is 11.9. The number of aryl methyl sites for hydroxylation is 1. The molecule has 0 aliphatic carbocycles. The monoisotopic (exact) mass is 455 g/mol. The molecule has 5 nitrogen and oxygen atoms in total. The van der Waals surface area contributed by atoms with Crippen LogP contribution in [-0.4, -0.2) is 23.0 Å². The first-order valence-corrected chi connectivity index (χ1v) is 10.5. The quantitative estimate of drug-likeness (QED) is 0.470. The van der Waals surface area contributed by atoms with E-state index in [1.54, 1.807) is 19.4 Å². The van der Waals surface area contributed by atoms with Gasteiger partial charge in [-0.25, -0.2) is 4.98 Å². The van der Waals surface area contributed by atoms with Crippen LogP contribution in [0.3, 0.4) is 0 Å². The number of ether oxygens (including phenoxy) is 1. The lowest BCUT2D eigenvalue weighted by Gasteiger charge is -2.15. The molecule has 0 saturated heterocycles. The van der Waals surface area contributed by atoms with Gasteiger partial charge < -0.3 is 4.74 Å². The molecule has 29 heavy (non-hydrogen) atoms. The third kappa shape index (κ3) is 4.27. The van der Waals surface area contributed by atoms with E-state index in [1.165, 1.54) is 4.68 Å². The molecular weight excluding hydrogens is 430 g/mol. The highest BCUT2D eigenvalue weighted by molar-refractivity contribution is 9.10. The smallest absolute Gasteiger partial charge is 0.282 e. The van der Waals surface area contributed by atoms with Gasteiger partial charge in [0.05, 0.1) is 24.2 Å². The molecule has 0 aliphatic rings. The van der Waals surface area contributed by atoms with Crippen LogP contribution in [0.15, 0.2) is 44.7 Å². The minimum atomic E-state index is -0.175. The van der Waals surface area contributed by atoms with E-state index < -0.39 is 0 Å². The first-order valence-electron chi connectivity index (χ1n) is 9.68. The summed E-state index contributed by atoms with van der Waals surface area (Å²) in [5.41, 5.74) is 3.59. The summed E-state index contributed by atoms with van der Waals surface area (Å²) in [6.45, 7) is 10.3. The molecule has 0 N–H and O–H groups in total. The van der Waals surface area contributed by atoms with E-state index in [0.29, 0.717) is 22.6 Å². The molecule has 1 aromatic heterocycles. The van der Waals surface area contributed by atoms with E-state index in [2.05, 4.69) is 40.9 Å². The highest BCUT2D eigenvalue weighted by Gasteiger charge is 2.14. The molecule has 0 radical (unpaired) electrons. The zero-order valence-corrected chi connectivity index (χ0v) is 19.2.